The van der Waals surface area contributed by atoms with E-state index in [9.17, 15) is 26.4 Å². The molecule has 3 aromatic rings. The van der Waals surface area contributed by atoms with Crippen molar-refractivity contribution in [3.8, 4) is 0 Å². The van der Waals surface area contributed by atoms with Crippen LogP contribution >= 0.6 is 11.6 Å². The molecule has 0 spiro atoms. The van der Waals surface area contributed by atoms with Crippen molar-refractivity contribution < 1.29 is 26.4 Å². The average molecular weight is 478 g/mol. The summed E-state index contributed by atoms with van der Waals surface area (Å²) < 4.78 is 66.7. The minimum absolute atomic E-state index is 0.0123. The highest BCUT2D eigenvalue weighted by Crippen LogP contribution is 2.43. The van der Waals surface area contributed by atoms with E-state index in [1.807, 2.05) is 6.92 Å². The van der Waals surface area contributed by atoms with Crippen molar-refractivity contribution in [1.82, 2.24) is 0 Å². The van der Waals surface area contributed by atoms with Crippen LogP contribution in [0.25, 0.3) is 0 Å². The summed E-state index contributed by atoms with van der Waals surface area (Å²) in [5, 5.41) is -0.487. The number of hydrogen-bond donors (Lipinski definition) is 0. The lowest BCUT2D eigenvalue weighted by atomic mass is 10.1. The molecule has 0 amide bonds. The maximum Gasteiger partial charge on any atom is 0.417 e. The normalized spacial score (nSPS) is 15.2. The number of Topliss-reactive ketones (excluding diaryl/α,β-unsaturated/α-hetero) is 1. The quantitative estimate of drug-likeness (QED) is 0.414. The molecule has 0 saturated heterocycles. The fraction of sp³-hybridized carbons (Fsp3) is 0.0870. The fourth-order valence-electron chi connectivity index (χ4n) is 3.38. The van der Waals surface area contributed by atoms with Gasteiger partial charge < -0.3 is 4.90 Å². The molecule has 1 heterocycles. The molecular formula is C23H15ClF3NO3S. The Balaban J connectivity index is 1.93. The molecule has 0 aromatic heterocycles. The molecule has 0 unspecified atom stereocenters. The number of nitrogens with zero attached hydrogens (tertiary/aromatic N) is 1. The first-order chi connectivity index (χ1) is 15.0. The third-order valence-electron chi connectivity index (χ3n) is 5.02. The van der Waals surface area contributed by atoms with Crippen LogP contribution in [0.4, 0.5) is 24.5 Å². The van der Waals surface area contributed by atoms with E-state index in [2.05, 4.69) is 0 Å². The predicted molar refractivity (Wildman–Crippen MR) is 116 cm³/mol. The Morgan fingerprint density at radius 3 is 2.28 bits per heavy atom. The number of para-hydroxylation sites is 1. The third kappa shape index (κ3) is 3.80. The number of sulfone groups is 1. The van der Waals surface area contributed by atoms with Gasteiger partial charge in [0.2, 0.25) is 15.6 Å². The summed E-state index contributed by atoms with van der Waals surface area (Å²) in [7, 11) is -4.21. The number of fused-ring (bicyclic) bond motifs is 1. The topological polar surface area (TPSA) is 54.5 Å². The number of allylic oxidation sites excluding steroid dienone is 1. The zero-order chi connectivity index (χ0) is 23.3. The van der Waals surface area contributed by atoms with E-state index < -0.39 is 37.3 Å². The largest absolute Gasteiger partial charge is 0.417 e. The van der Waals surface area contributed by atoms with Gasteiger partial charge in [-0.15, -0.1) is 0 Å². The molecule has 1 aliphatic heterocycles. The van der Waals surface area contributed by atoms with Gasteiger partial charge in [-0.3, -0.25) is 4.79 Å². The molecule has 164 valence electrons. The number of hydrogen-bond acceptors (Lipinski definition) is 4. The van der Waals surface area contributed by atoms with E-state index in [4.69, 9.17) is 11.6 Å². The zero-order valence-corrected chi connectivity index (χ0v) is 18.1. The van der Waals surface area contributed by atoms with Crippen molar-refractivity contribution in [2.75, 3.05) is 4.90 Å². The molecule has 32 heavy (non-hydrogen) atoms. The third-order valence-corrected chi connectivity index (χ3v) is 7.14. The lowest BCUT2D eigenvalue weighted by Gasteiger charge is -2.29. The fourth-order valence-corrected chi connectivity index (χ4v) is 5.15. The van der Waals surface area contributed by atoms with E-state index in [-0.39, 0.29) is 21.8 Å². The lowest BCUT2D eigenvalue weighted by molar-refractivity contribution is -0.137. The maximum absolute atomic E-state index is 13.4. The minimum Gasteiger partial charge on any atom is -0.314 e. The highest BCUT2D eigenvalue weighted by atomic mass is 35.5. The molecule has 0 N–H and O–H groups in total. The van der Waals surface area contributed by atoms with E-state index in [0.717, 1.165) is 23.9 Å². The molecule has 0 aliphatic carbocycles. The van der Waals surface area contributed by atoms with Crippen LogP contribution < -0.4 is 4.90 Å². The smallest absolute Gasteiger partial charge is 0.314 e. The molecule has 0 radical (unpaired) electrons. The zero-order valence-electron chi connectivity index (χ0n) is 16.5. The Morgan fingerprint density at radius 2 is 1.62 bits per heavy atom. The van der Waals surface area contributed by atoms with Crippen LogP contribution in [0.5, 0.6) is 0 Å². The van der Waals surface area contributed by atoms with Crippen LogP contribution in [0.3, 0.4) is 0 Å². The van der Waals surface area contributed by atoms with Gasteiger partial charge in [0, 0.05) is 17.5 Å². The van der Waals surface area contributed by atoms with Gasteiger partial charge >= 0.3 is 6.18 Å². The molecule has 0 saturated carbocycles. The first-order valence-corrected chi connectivity index (χ1v) is 11.2. The molecule has 0 bridgehead atoms. The Labute approximate surface area is 187 Å². The van der Waals surface area contributed by atoms with Crippen LogP contribution in [-0.2, 0) is 16.0 Å². The number of carbonyl (C=O) groups is 1. The van der Waals surface area contributed by atoms with Gasteiger partial charge in [-0.25, -0.2) is 8.42 Å². The van der Waals surface area contributed by atoms with Gasteiger partial charge in [-0.2, -0.15) is 13.2 Å². The second kappa shape index (κ2) is 7.79. The molecule has 4 nitrogen and oxygen atoms in total. The number of rotatable bonds is 3. The van der Waals surface area contributed by atoms with Gasteiger partial charge in [0.05, 0.1) is 21.2 Å². The summed E-state index contributed by atoms with van der Waals surface area (Å²) in [5.41, 5.74) is 0.107. The number of ketones is 1. The highest BCUT2D eigenvalue weighted by molar-refractivity contribution is 7.96. The number of carbonyl (C=O) groups excluding carboxylic acids is 1. The van der Waals surface area contributed by atoms with Crippen molar-refractivity contribution in [1.29, 1.82) is 0 Å². The van der Waals surface area contributed by atoms with Crippen LogP contribution in [0.15, 0.2) is 82.7 Å². The first kappa shape index (κ1) is 22.1. The Bertz CT molecular complexity index is 1360. The molecule has 1 aliphatic rings. The highest BCUT2D eigenvalue weighted by Gasteiger charge is 2.38. The Kier molecular flexibility index (Phi) is 5.38. The summed E-state index contributed by atoms with van der Waals surface area (Å²) >= 11 is 5.73. The summed E-state index contributed by atoms with van der Waals surface area (Å²) in [5.74, 6) is -0.755. The summed E-state index contributed by atoms with van der Waals surface area (Å²) in [4.78, 5) is 13.7. The van der Waals surface area contributed by atoms with Crippen LogP contribution in [-0.4, -0.2) is 14.2 Å². The van der Waals surface area contributed by atoms with Crippen molar-refractivity contribution >= 4 is 38.6 Å². The molecular weight excluding hydrogens is 463 g/mol. The molecule has 0 fully saturated rings. The van der Waals surface area contributed by atoms with Crippen LogP contribution in [0.1, 0.15) is 21.5 Å². The van der Waals surface area contributed by atoms with Gasteiger partial charge in [-0.05, 0) is 37.3 Å². The molecule has 4 rings (SSSR count). The van der Waals surface area contributed by atoms with E-state index in [1.54, 1.807) is 18.2 Å². The number of halogens is 4. The van der Waals surface area contributed by atoms with Crippen LogP contribution in [0.2, 0.25) is 5.02 Å². The maximum atomic E-state index is 13.4. The summed E-state index contributed by atoms with van der Waals surface area (Å²) in [6.45, 7) is 1.82. The monoisotopic (exact) mass is 477 g/mol. The van der Waals surface area contributed by atoms with E-state index in [0.29, 0.717) is 0 Å². The van der Waals surface area contributed by atoms with Gasteiger partial charge in [-0.1, -0.05) is 53.6 Å². The van der Waals surface area contributed by atoms with Gasteiger partial charge in [0.25, 0.3) is 0 Å². The Hall–Kier alpha value is -3.10. The lowest BCUT2D eigenvalue weighted by Crippen LogP contribution is -2.26. The van der Waals surface area contributed by atoms with E-state index >= 15 is 0 Å². The standard InChI is InChI=1S/C23H15ClF3NO3S/c1-14-6-8-15(9-7-14)22(29)21-13-28(19-4-2-3-5-20(19)32(21,30)31)16-10-11-18(24)17(12-16)23(25,26)27/h2-13H,1H3. The predicted octanol–water partition coefficient (Wildman–Crippen LogP) is 6.32. The minimum atomic E-state index is -4.71. The van der Waals surface area contributed by atoms with Gasteiger partial charge in [0.1, 0.15) is 4.91 Å². The van der Waals surface area contributed by atoms with Crippen molar-refractivity contribution in [2.24, 2.45) is 0 Å². The molecule has 0 atom stereocenters. The SMILES string of the molecule is Cc1ccc(C(=O)C2=CN(c3ccc(Cl)c(C(F)(F)F)c3)c3ccccc3S2(=O)=O)cc1. The van der Waals surface area contributed by atoms with E-state index in [1.165, 1.54) is 41.3 Å². The number of alkyl halides is 3. The number of benzene rings is 3. The second-order valence-electron chi connectivity index (χ2n) is 7.19. The first-order valence-electron chi connectivity index (χ1n) is 9.33. The van der Waals surface area contributed by atoms with Crippen molar-refractivity contribution in [3.05, 3.63) is 99.5 Å². The average Bonchev–Trinajstić information content (AvgIpc) is 2.74. The molecule has 3 aromatic carbocycles. The summed E-state index contributed by atoms with van der Waals surface area (Å²) in [6, 6.07) is 15.4. The summed E-state index contributed by atoms with van der Waals surface area (Å²) in [6.07, 6.45) is -3.65. The second-order valence-corrected chi connectivity index (χ2v) is 9.49. The van der Waals surface area contributed by atoms with Crippen LogP contribution in [0, 0.1) is 6.92 Å². The Morgan fingerprint density at radius 1 is 0.969 bits per heavy atom. The number of anilines is 2. The number of aryl methyl sites for hydroxylation is 1. The van der Waals surface area contributed by atoms with Crippen molar-refractivity contribution in [3.63, 3.8) is 0 Å². The van der Waals surface area contributed by atoms with Crippen molar-refractivity contribution in [2.45, 2.75) is 18.0 Å². The molecule has 9 heteroatoms. The van der Waals surface area contributed by atoms with Gasteiger partial charge in [0.15, 0.2) is 0 Å².